The highest BCUT2D eigenvalue weighted by Crippen LogP contribution is 2.48. The molecule has 12 aromatic rings. The lowest BCUT2D eigenvalue weighted by molar-refractivity contribution is 1.02. The van der Waals surface area contributed by atoms with Crippen LogP contribution in [0.1, 0.15) is 0 Å². The van der Waals surface area contributed by atoms with Crippen molar-refractivity contribution in [2.45, 2.75) is 0 Å². The molecule has 5 heteroatoms. The molecule has 0 aliphatic heterocycles. The van der Waals surface area contributed by atoms with Gasteiger partial charge in [0.2, 0.25) is 5.95 Å². The normalized spacial score (nSPS) is 12.2. The van der Waals surface area contributed by atoms with Gasteiger partial charge >= 0.3 is 0 Å². The predicted molar refractivity (Wildman–Crippen MR) is 228 cm³/mol. The Hall–Kier alpha value is -6.40. The molecule has 0 bridgehead atoms. The first-order chi connectivity index (χ1) is 26.3. The van der Waals surface area contributed by atoms with Crippen LogP contribution in [0.15, 0.2) is 164 Å². The molecule has 0 saturated heterocycles. The number of para-hydroxylation sites is 1. The molecule has 0 radical (unpaired) electrons. The molecule has 4 heterocycles. The number of hydrogen-bond acceptors (Lipinski definition) is 4. The highest BCUT2D eigenvalue weighted by atomic mass is 32.1. The van der Waals surface area contributed by atoms with E-state index >= 15 is 0 Å². The SMILES string of the molecule is c1ccc(-c2ccc3cc(-c4nc(-n5c6ccccc6c6c7ccccc7c7c8ccccc8sc7c65)nc5c4sc4ccccc45)ccc3c2)cc1. The highest BCUT2D eigenvalue weighted by molar-refractivity contribution is 7.27. The van der Waals surface area contributed by atoms with E-state index in [1.54, 1.807) is 11.3 Å². The van der Waals surface area contributed by atoms with Gasteiger partial charge in [0, 0.05) is 41.9 Å². The van der Waals surface area contributed by atoms with Crippen molar-refractivity contribution in [3.8, 4) is 28.3 Å². The quantitative estimate of drug-likeness (QED) is 0.183. The largest absolute Gasteiger partial charge is 0.276 e. The molecule has 0 N–H and O–H groups in total. The summed E-state index contributed by atoms with van der Waals surface area (Å²) in [4.78, 5) is 11.1. The summed E-state index contributed by atoms with van der Waals surface area (Å²) in [6.07, 6.45) is 0. The Kier molecular flexibility index (Phi) is 6.09. The van der Waals surface area contributed by atoms with Crippen LogP contribution in [0.5, 0.6) is 0 Å². The van der Waals surface area contributed by atoms with Gasteiger partial charge in [-0.3, -0.25) is 4.57 Å². The number of thiophene rings is 2. The van der Waals surface area contributed by atoms with Crippen molar-refractivity contribution in [2.75, 3.05) is 0 Å². The molecule has 0 aliphatic rings. The van der Waals surface area contributed by atoms with Crippen LogP contribution in [0.2, 0.25) is 0 Å². The molecule has 0 atom stereocenters. The van der Waals surface area contributed by atoms with Gasteiger partial charge in [0.05, 0.1) is 31.6 Å². The summed E-state index contributed by atoms with van der Waals surface area (Å²) in [5.74, 6) is 0.691. The van der Waals surface area contributed by atoms with E-state index < -0.39 is 0 Å². The number of fused-ring (bicyclic) bond motifs is 14. The number of hydrogen-bond donors (Lipinski definition) is 0. The zero-order valence-corrected chi connectivity index (χ0v) is 29.9. The minimum Gasteiger partial charge on any atom is -0.276 e. The average Bonchev–Trinajstić information content (AvgIpc) is 3.91. The van der Waals surface area contributed by atoms with E-state index in [-0.39, 0.29) is 0 Å². The van der Waals surface area contributed by atoms with Gasteiger partial charge in [0.1, 0.15) is 0 Å². The number of aromatic nitrogens is 3. The summed E-state index contributed by atoms with van der Waals surface area (Å²) in [6.45, 7) is 0. The van der Waals surface area contributed by atoms with Crippen LogP contribution >= 0.6 is 22.7 Å². The lowest BCUT2D eigenvalue weighted by atomic mass is 9.99. The molecule has 0 fully saturated rings. The third-order valence-electron chi connectivity index (χ3n) is 10.8. The smallest absolute Gasteiger partial charge is 0.235 e. The third-order valence-corrected chi connectivity index (χ3v) is 13.1. The number of benzene rings is 8. The average molecular weight is 710 g/mol. The van der Waals surface area contributed by atoms with E-state index in [2.05, 4.69) is 168 Å². The first-order valence-corrected chi connectivity index (χ1v) is 19.5. The molecule has 246 valence electrons. The molecular weight excluding hydrogens is 683 g/mol. The Morgan fingerprint density at radius 3 is 1.79 bits per heavy atom. The van der Waals surface area contributed by atoms with Crippen LogP contribution in [0.4, 0.5) is 0 Å². The van der Waals surface area contributed by atoms with E-state index in [9.17, 15) is 0 Å². The van der Waals surface area contributed by atoms with Crippen molar-refractivity contribution in [2.24, 2.45) is 0 Å². The molecule has 0 amide bonds. The molecule has 0 aliphatic carbocycles. The highest BCUT2D eigenvalue weighted by Gasteiger charge is 2.24. The van der Waals surface area contributed by atoms with Crippen LogP contribution in [0.25, 0.3) is 112 Å². The molecule has 4 aromatic heterocycles. The maximum Gasteiger partial charge on any atom is 0.235 e. The van der Waals surface area contributed by atoms with Crippen LogP contribution in [-0.2, 0) is 0 Å². The topological polar surface area (TPSA) is 30.7 Å². The van der Waals surface area contributed by atoms with Gasteiger partial charge in [-0.1, -0.05) is 133 Å². The molecule has 8 aromatic carbocycles. The van der Waals surface area contributed by atoms with Crippen molar-refractivity contribution < 1.29 is 0 Å². The van der Waals surface area contributed by atoms with Gasteiger partial charge < -0.3 is 0 Å². The molecule has 0 unspecified atom stereocenters. The lowest BCUT2D eigenvalue weighted by Crippen LogP contribution is -2.03. The Bertz CT molecular complexity index is 3460. The minimum atomic E-state index is 0.691. The van der Waals surface area contributed by atoms with Crippen molar-refractivity contribution in [3.63, 3.8) is 0 Å². The van der Waals surface area contributed by atoms with E-state index in [0.29, 0.717) is 5.95 Å². The Morgan fingerprint density at radius 1 is 0.415 bits per heavy atom. The number of rotatable bonds is 3. The first kappa shape index (κ1) is 29.2. The summed E-state index contributed by atoms with van der Waals surface area (Å²) in [5, 5.41) is 11.1. The minimum absolute atomic E-state index is 0.691. The van der Waals surface area contributed by atoms with Crippen LogP contribution in [-0.4, -0.2) is 14.5 Å². The standard InChI is InChI=1S/C48H27N3S2/c1-2-12-28(13-3-1)29-22-23-31-27-32(25-24-30(31)26-29)43-47-44(37-18-8-11-21-40(37)53-47)50-48(49-43)51-38-19-9-6-16-35(38)41-33-14-4-5-15-34(33)42-36-17-7-10-20-39(36)52-46(42)45(41)51/h1-27H. The zero-order chi connectivity index (χ0) is 34.6. The Labute approximate surface area is 311 Å². The lowest BCUT2D eigenvalue weighted by Gasteiger charge is -2.12. The Balaban J connectivity index is 1.20. The summed E-state index contributed by atoms with van der Waals surface area (Å²) in [6, 6.07) is 59.2. The Morgan fingerprint density at radius 2 is 1.00 bits per heavy atom. The molecule has 0 spiro atoms. The monoisotopic (exact) mass is 709 g/mol. The van der Waals surface area contributed by atoms with Gasteiger partial charge in [-0.25, -0.2) is 9.97 Å². The van der Waals surface area contributed by atoms with Crippen LogP contribution < -0.4 is 0 Å². The first-order valence-electron chi connectivity index (χ1n) is 17.8. The van der Waals surface area contributed by atoms with Crippen molar-refractivity contribution >= 4 is 106 Å². The van der Waals surface area contributed by atoms with Crippen molar-refractivity contribution in [1.82, 2.24) is 14.5 Å². The summed E-state index contributed by atoms with van der Waals surface area (Å²) in [7, 11) is 0. The van der Waals surface area contributed by atoms with Gasteiger partial charge in [0.15, 0.2) is 0 Å². The maximum atomic E-state index is 5.59. The second-order valence-corrected chi connectivity index (χ2v) is 15.8. The second-order valence-electron chi connectivity index (χ2n) is 13.7. The van der Waals surface area contributed by atoms with Crippen molar-refractivity contribution in [3.05, 3.63) is 164 Å². The van der Waals surface area contributed by atoms with Gasteiger partial charge in [-0.2, -0.15) is 0 Å². The predicted octanol–water partition coefficient (Wildman–Crippen LogP) is 13.9. The van der Waals surface area contributed by atoms with Crippen molar-refractivity contribution in [1.29, 1.82) is 0 Å². The van der Waals surface area contributed by atoms with Gasteiger partial charge in [-0.05, 0) is 63.0 Å². The van der Waals surface area contributed by atoms with Crippen LogP contribution in [0, 0.1) is 0 Å². The molecule has 3 nitrogen and oxygen atoms in total. The number of nitrogens with zero attached hydrogens (tertiary/aromatic N) is 3. The van der Waals surface area contributed by atoms with E-state index in [1.807, 2.05) is 11.3 Å². The third kappa shape index (κ3) is 4.20. The maximum absolute atomic E-state index is 5.59. The fraction of sp³-hybridized carbons (Fsp3) is 0. The van der Waals surface area contributed by atoms with Gasteiger partial charge in [-0.15, -0.1) is 22.7 Å². The molecule has 0 saturated carbocycles. The molecule has 12 rings (SSSR count). The molecular formula is C48H27N3S2. The van der Waals surface area contributed by atoms with E-state index in [1.165, 1.54) is 68.3 Å². The molecule has 53 heavy (non-hydrogen) atoms. The zero-order valence-electron chi connectivity index (χ0n) is 28.2. The van der Waals surface area contributed by atoms with Crippen LogP contribution in [0.3, 0.4) is 0 Å². The van der Waals surface area contributed by atoms with Gasteiger partial charge in [0.25, 0.3) is 0 Å². The summed E-state index contributed by atoms with van der Waals surface area (Å²) in [5.41, 5.74) is 7.74. The van der Waals surface area contributed by atoms with E-state index in [4.69, 9.17) is 9.97 Å². The van der Waals surface area contributed by atoms with E-state index in [0.717, 1.165) is 37.9 Å². The summed E-state index contributed by atoms with van der Waals surface area (Å²) >= 11 is 3.64. The fourth-order valence-corrected chi connectivity index (χ4v) is 10.8. The fourth-order valence-electron chi connectivity index (χ4n) is 8.41. The summed E-state index contributed by atoms with van der Waals surface area (Å²) < 4.78 is 7.20. The second kappa shape index (κ2) is 11.1.